The van der Waals surface area contributed by atoms with E-state index in [1.165, 1.54) is 4.90 Å². The standard InChI is InChI=1S/C16H23N5O2S/c1-13-11-14(19(2)18-13)16(22)21(12-15-17-3-10-24-15)5-4-20-6-8-23-9-7-20/h3,10-11H,4-9,12H2,1-2H3/p+1. The van der Waals surface area contributed by atoms with E-state index in [0.717, 1.165) is 43.5 Å². The Bertz CT molecular complexity index is 664. The number of aryl methyl sites for hydroxylation is 2. The van der Waals surface area contributed by atoms with Crippen molar-refractivity contribution in [3.63, 3.8) is 0 Å². The van der Waals surface area contributed by atoms with Crippen molar-refractivity contribution >= 4 is 17.2 Å². The van der Waals surface area contributed by atoms with Crippen LogP contribution in [0.2, 0.25) is 0 Å². The van der Waals surface area contributed by atoms with Gasteiger partial charge in [-0.3, -0.25) is 9.48 Å². The largest absolute Gasteiger partial charge is 0.370 e. The summed E-state index contributed by atoms with van der Waals surface area (Å²) in [6, 6.07) is 1.85. The molecular formula is C16H24N5O2S+. The number of hydrogen-bond acceptors (Lipinski definition) is 5. The molecule has 3 rings (SSSR count). The van der Waals surface area contributed by atoms with E-state index in [9.17, 15) is 4.79 Å². The van der Waals surface area contributed by atoms with E-state index in [-0.39, 0.29) is 5.91 Å². The molecule has 0 saturated carbocycles. The predicted octanol–water partition coefficient (Wildman–Crippen LogP) is -0.257. The van der Waals surface area contributed by atoms with Crippen LogP contribution in [-0.4, -0.2) is 65.0 Å². The lowest BCUT2D eigenvalue weighted by atomic mass is 10.3. The monoisotopic (exact) mass is 350 g/mol. The minimum atomic E-state index is 0.0148. The zero-order chi connectivity index (χ0) is 16.9. The second-order valence-electron chi connectivity index (χ2n) is 6.06. The molecule has 0 aromatic carbocycles. The molecule has 8 heteroatoms. The van der Waals surface area contributed by atoms with Gasteiger partial charge in [-0.2, -0.15) is 5.10 Å². The molecule has 0 radical (unpaired) electrons. The van der Waals surface area contributed by atoms with Gasteiger partial charge in [0.25, 0.3) is 5.91 Å². The van der Waals surface area contributed by atoms with E-state index in [1.807, 2.05) is 30.3 Å². The minimum absolute atomic E-state index is 0.0148. The zero-order valence-electron chi connectivity index (χ0n) is 14.2. The number of hydrogen-bond donors (Lipinski definition) is 1. The van der Waals surface area contributed by atoms with Gasteiger partial charge in [0.15, 0.2) is 0 Å². The topological polar surface area (TPSA) is 64.7 Å². The number of ether oxygens (including phenoxy) is 1. The van der Waals surface area contributed by atoms with Crippen LogP contribution < -0.4 is 4.90 Å². The second-order valence-corrected chi connectivity index (χ2v) is 7.04. The normalized spacial score (nSPS) is 15.6. The van der Waals surface area contributed by atoms with Crippen molar-refractivity contribution in [3.8, 4) is 0 Å². The molecule has 1 amide bonds. The number of carbonyl (C=O) groups is 1. The summed E-state index contributed by atoms with van der Waals surface area (Å²) in [7, 11) is 1.81. The third-order valence-corrected chi connectivity index (χ3v) is 5.02. The molecule has 0 aliphatic carbocycles. The highest BCUT2D eigenvalue weighted by Gasteiger charge is 2.23. The second kappa shape index (κ2) is 7.87. The Morgan fingerprint density at radius 1 is 1.46 bits per heavy atom. The number of nitrogens with one attached hydrogen (secondary N) is 1. The first kappa shape index (κ1) is 17.1. The molecule has 2 aromatic heterocycles. The van der Waals surface area contributed by atoms with Crippen molar-refractivity contribution in [2.75, 3.05) is 39.4 Å². The van der Waals surface area contributed by atoms with Gasteiger partial charge in [-0.25, -0.2) is 4.98 Å². The zero-order valence-corrected chi connectivity index (χ0v) is 15.0. The van der Waals surface area contributed by atoms with Crippen molar-refractivity contribution in [2.24, 2.45) is 7.05 Å². The van der Waals surface area contributed by atoms with E-state index in [2.05, 4.69) is 10.1 Å². The van der Waals surface area contributed by atoms with Gasteiger partial charge < -0.3 is 14.5 Å². The number of rotatable bonds is 6. The van der Waals surface area contributed by atoms with Crippen LogP contribution in [0.4, 0.5) is 0 Å². The van der Waals surface area contributed by atoms with Gasteiger partial charge in [0.05, 0.1) is 38.5 Å². The minimum Gasteiger partial charge on any atom is -0.370 e. The lowest BCUT2D eigenvalue weighted by Gasteiger charge is -2.27. The first-order chi connectivity index (χ1) is 11.6. The van der Waals surface area contributed by atoms with Gasteiger partial charge in [0.2, 0.25) is 0 Å². The van der Waals surface area contributed by atoms with Crippen LogP contribution in [0.5, 0.6) is 0 Å². The van der Waals surface area contributed by atoms with Gasteiger partial charge in [-0.1, -0.05) is 0 Å². The smallest absolute Gasteiger partial charge is 0.272 e. The van der Waals surface area contributed by atoms with Crippen molar-refractivity contribution in [2.45, 2.75) is 13.5 Å². The summed E-state index contributed by atoms with van der Waals surface area (Å²) in [6.45, 7) is 7.70. The third-order valence-electron chi connectivity index (χ3n) is 4.25. The van der Waals surface area contributed by atoms with Crippen LogP contribution in [0, 0.1) is 6.92 Å². The van der Waals surface area contributed by atoms with E-state index in [1.54, 1.807) is 22.2 Å². The number of thiazole rings is 1. The van der Waals surface area contributed by atoms with Crippen LogP contribution in [-0.2, 0) is 18.3 Å². The Labute approximate surface area is 145 Å². The van der Waals surface area contributed by atoms with E-state index in [4.69, 9.17) is 4.74 Å². The average molecular weight is 350 g/mol. The average Bonchev–Trinajstić information content (AvgIpc) is 3.21. The van der Waals surface area contributed by atoms with Crippen LogP contribution >= 0.6 is 11.3 Å². The van der Waals surface area contributed by atoms with Gasteiger partial charge in [-0.15, -0.1) is 11.3 Å². The molecule has 0 unspecified atom stereocenters. The fraction of sp³-hybridized carbons (Fsp3) is 0.562. The number of aromatic nitrogens is 3. The maximum Gasteiger partial charge on any atom is 0.272 e. The van der Waals surface area contributed by atoms with Gasteiger partial charge in [0.1, 0.15) is 23.8 Å². The highest BCUT2D eigenvalue weighted by atomic mass is 32.1. The highest BCUT2D eigenvalue weighted by molar-refractivity contribution is 7.09. The van der Waals surface area contributed by atoms with Gasteiger partial charge in [-0.05, 0) is 13.0 Å². The molecule has 130 valence electrons. The van der Waals surface area contributed by atoms with E-state index in [0.29, 0.717) is 18.8 Å². The van der Waals surface area contributed by atoms with Crippen LogP contribution in [0.25, 0.3) is 0 Å². The predicted molar refractivity (Wildman–Crippen MR) is 91.2 cm³/mol. The summed E-state index contributed by atoms with van der Waals surface area (Å²) in [5.41, 5.74) is 1.48. The molecule has 2 aromatic rings. The van der Waals surface area contributed by atoms with E-state index >= 15 is 0 Å². The van der Waals surface area contributed by atoms with Crippen LogP contribution in [0.3, 0.4) is 0 Å². The number of amides is 1. The maximum absolute atomic E-state index is 13.0. The van der Waals surface area contributed by atoms with Crippen molar-refractivity contribution in [3.05, 3.63) is 34.0 Å². The van der Waals surface area contributed by atoms with Crippen LogP contribution in [0.15, 0.2) is 17.6 Å². The molecule has 7 nitrogen and oxygen atoms in total. The number of nitrogens with zero attached hydrogens (tertiary/aromatic N) is 4. The Morgan fingerprint density at radius 3 is 2.88 bits per heavy atom. The molecule has 0 spiro atoms. The number of morpholine rings is 1. The molecule has 1 N–H and O–H groups in total. The first-order valence-electron chi connectivity index (χ1n) is 8.23. The van der Waals surface area contributed by atoms with E-state index < -0.39 is 0 Å². The molecular weight excluding hydrogens is 326 g/mol. The molecule has 24 heavy (non-hydrogen) atoms. The summed E-state index contributed by atoms with van der Waals surface area (Å²) >= 11 is 1.58. The molecule has 1 aliphatic rings. The van der Waals surface area contributed by atoms with Crippen molar-refractivity contribution in [1.82, 2.24) is 19.7 Å². The molecule has 3 heterocycles. The molecule has 1 fully saturated rings. The van der Waals surface area contributed by atoms with Crippen molar-refractivity contribution < 1.29 is 14.4 Å². The lowest BCUT2D eigenvalue weighted by Crippen LogP contribution is -3.14. The first-order valence-corrected chi connectivity index (χ1v) is 9.11. The summed E-state index contributed by atoms with van der Waals surface area (Å²) in [5.74, 6) is 0.0148. The Balaban J connectivity index is 1.70. The summed E-state index contributed by atoms with van der Waals surface area (Å²) in [4.78, 5) is 20.7. The molecule has 1 saturated heterocycles. The fourth-order valence-corrected chi connectivity index (χ4v) is 3.55. The Hall–Kier alpha value is -1.77. The summed E-state index contributed by atoms with van der Waals surface area (Å²) in [6.07, 6.45) is 1.78. The third kappa shape index (κ3) is 4.19. The SMILES string of the molecule is Cc1cc(C(=O)N(CC[NH+]2CCOCC2)Cc2nccs2)n(C)n1. The molecule has 1 aliphatic heterocycles. The summed E-state index contributed by atoms with van der Waals surface area (Å²) < 4.78 is 7.07. The number of quaternary nitrogens is 1. The van der Waals surface area contributed by atoms with Gasteiger partial charge >= 0.3 is 0 Å². The Morgan fingerprint density at radius 2 is 2.25 bits per heavy atom. The van der Waals surface area contributed by atoms with Crippen molar-refractivity contribution in [1.29, 1.82) is 0 Å². The summed E-state index contributed by atoms with van der Waals surface area (Å²) in [5, 5.41) is 7.20. The number of carbonyl (C=O) groups excluding carboxylic acids is 1. The maximum atomic E-state index is 13.0. The van der Waals surface area contributed by atoms with Gasteiger partial charge in [0, 0.05) is 18.6 Å². The molecule has 0 atom stereocenters. The highest BCUT2D eigenvalue weighted by Crippen LogP contribution is 2.12. The fourth-order valence-electron chi connectivity index (χ4n) is 2.92. The van der Waals surface area contributed by atoms with Crippen LogP contribution in [0.1, 0.15) is 21.2 Å². The lowest BCUT2D eigenvalue weighted by molar-refractivity contribution is -0.907. The Kier molecular flexibility index (Phi) is 5.60. The molecule has 0 bridgehead atoms. The quantitative estimate of drug-likeness (QED) is 0.780.